The van der Waals surface area contributed by atoms with Gasteiger partial charge >= 0.3 is 17.9 Å². The van der Waals surface area contributed by atoms with Gasteiger partial charge in [0.2, 0.25) is 0 Å². The van der Waals surface area contributed by atoms with Crippen molar-refractivity contribution in [2.45, 2.75) is 6.61 Å². The third kappa shape index (κ3) is 8.41. The summed E-state index contributed by atoms with van der Waals surface area (Å²) in [6, 6.07) is 43.6. The highest BCUT2D eigenvalue weighted by atomic mass is 16.5. The second kappa shape index (κ2) is 19.3. The Morgan fingerprint density at radius 2 is 0.694 bits per heavy atom. The zero-order chi connectivity index (χ0) is 50.0. The molecule has 0 spiro atoms. The first-order valence-electron chi connectivity index (χ1n) is 22.4. The number of rotatable bonds is 15. The molecule has 3 aromatic heterocycles. The Balaban J connectivity index is 1.41. The molecule has 15 heteroatoms. The topological polar surface area (TPSA) is 171 Å². The summed E-state index contributed by atoms with van der Waals surface area (Å²) in [5.41, 5.74) is 8.10. The van der Waals surface area contributed by atoms with Crippen LogP contribution in [0.4, 0.5) is 0 Å². The van der Waals surface area contributed by atoms with Crippen LogP contribution in [-0.4, -0.2) is 65.9 Å². The molecular formula is C57H42N6O9. The standard InChI is InChI=1S/C57H42N6O9/c1-6-46(65)70-43-27-17-38(18-28-43)61-52-49(58-55(61)35-11-9-34(33-64)10-12-35)53-51(60-57(37-15-25-42(69-5)26-16-37)62(53)39-19-29-44(30-20-39)71-47(66)7-2)54-50(52)59-56(36-13-23-41(68-4)24-14-36)63(54)40-21-31-45(32-22-40)72-48(67)8-3/h6-32,64H,1-3,33H2,4-5H3. The Kier molecular flexibility index (Phi) is 12.3. The van der Waals surface area contributed by atoms with Gasteiger partial charge in [0.05, 0.1) is 20.8 Å². The number of esters is 3. The van der Waals surface area contributed by atoms with E-state index >= 15 is 0 Å². The van der Waals surface area contributed by atoms with Crippen LogP contribution in [0.5, 0.6) is 28.7 Å². The number of methoxy groups -OCH3 is 2. The Morgan fingerprint density at radius 3 is 0.944 bits per heavy atom. The summed E-state index contributed by atoms with van der Waals surface area (Å²) in [6.45, 7) is 10.5. The third-order valence-electron chi connectivity index (χ3n) is 11.8. The van der Waals surface area contributed by atoms with E-state index in [9.17, 15) is 19.5 Å². The first-order valence-corrected chi connectivity index (χ1v) is 22.4. The fourth-order valence-electron chi connectivity index (χ4n) is 8.45. The van der Waals surface area contributed by atoms with E-state index in [1.807, 2.05) is 123 Å². The number of fused-ring (bicyclic) bond motifs is 6. The van der Waals surface area contributed by atoms with E-state index in [2.05, 4.69) is 19.7 Å². The van der Waals surface area contributed by atoms with E-state index < -0.39 is 17.9 Å². The van der Waals surface area contributed by atoms with E-state index in [1.165, 1.54) is 0 Å². The molecule has 0 radical (unpaired) electrons. The van der Waals surface area contributed by atoms with Crippen LogP contribution in [0.2, 0.25) is 0 Å². The first-order chi connectivity index (χ1) is 35.1. The minimum atomic E-state index is -0.610. The first kappa shape index (κ1) is 45.9. The SMILES string of the molecule is C=CC(=O)Oc1ccc(-n2c(-c3ccc(CO)cc3)nc3c2c2nc(-c4ccc(OC)cc4)n(-c4ccc(OC(=O)C=C)cc4)c2c2nc(-c4ccc(OC)cc4)n(-c4ccc(OC(=O)C=C)cc4)c32)cc1. The third-order valence-corrected chi connectivity index (χ3v) is 11.8. The van der Waals surface area contributed by atoms with E-state index in [0.29, 0.717) is 108 Å². The summed E-state index contributed by atoms with van der Waals surface area (Å²) in [5, 5.41) is 10.1. The van der Waals surface area contributed by atoms with Crippen molar-refractivity contribution >= 4 is 51.0 Å². The summed E-state index contributed by atoms with van der Waals surface area (Å²) in [6.07, 6.45) is 3.29. The fourth-order valence-corrected chi connectivity index (χ4v) is 8.45. The Labute approximate surface area is 411 Å². The Morgan fingerprint density at radius 1 is 0.431 bits per heavy atom. The van der Waals surface area contributed by atoms with E-state index in [1.54, 1.807) is 50.6 Å². The van der Waals surface area contributed by atoms with Crippen LogP contribution in [0.1, 0.15) is 5.56 Å². The van der Waals surface area contributed by atoms with E-state index in [0.717, 1.165) is 29.4 Å². The number of aromatic nitrogens is 6. The van der Waals surface area contributed by atoms with Crippen molar-refractivity contribution in [2.24, 2.45) is 0 Å². The molecule has 0 aliphatic heterocycles. The molecule has 0 fully saturated rings. The minimum Gasteiger partial charge on any atom is -0.497 e. The van der Waals surface area contributed by atoms with Crippen LogP contribution in [-0.2, 0) is 21.0 Å². The second-order valence-corrected chi connectivity index (χ2v) is 16.1. The molecule has 10 aromatic rings. The van der Waals surface area contributed by atoms with Gasteiger partial charge in [-0.3, -0.25) is 13.7 Å². The van der Waals surface area contributed by atoms with Gasteiger partial charge < -0.3 is 28.8 Å². The van der Waals surface area contributed by atoms with Crippen molar-refractivity contribution in [3.63, 3.8) is 0 Å². The van der Waals surface area contributed by atoms with Crippen LogP contribution in [0.25, 0.3) is 84.3 Å². The summed E-state index contributed by atoms with van der Waals surface area (Å²) < 4.78 is 33.7. The number of benzene rings is 7. The molecule has 10 rings (SSSR count). The van der Waals surface area contributed by atoms with Crippen LogP contribution >= 0.6 is 0 Å². The largest absolute Gasteiger partial charge is 0.497 e. The number of aliphatic hydroxyl groups is 1. The average molecular weight is 955 g/mol. The van der Waals surface area contributed by atoms with Crippen molar-refractivity contribution in [3.8, 4) is 80.0 Å². The van der Waals surface area contributed by atoms with Gasteiger partial charge in [-0.05, 0) is 127 Å². The molecule has 0 amide bonds. The molecule has 72 heavy (non-hydrogen) atoms. The molecule has 0 aliphatic carbocycles. The molecule has 0 atom stereocenters. The van der Waals surface area contributed by atoms with Crippen LogP contribution in [0.15, 0.2) is 184 Å². The van der Waals surface area contributed by atoms with Crippen molar-refractivity contribution < 1.29 is 43.2 Å². The lowest BCUT2D eigenvalue weighted by Crippen LogP contribution is -2.04. The van der Waals surface area contributed by atoms with Crippen molar-refractivity contribution in [2.75, 3.05) is 14.2 Å². The van der Waals surface area contributed by atoms with Gasteiger partial charge in [0.1, 0.15) is 79.3 Å². The van der Waals surface area contributed by atoms with Crippen LogP contribution in [0, 0.1) is 0 Å². The molecule has 3 heterocycles. The molecule has 0 unspecified atom stereocenters. The number of hydrogen-bond donors (Lipinski definition) is 1. The highest BCUT2D eigenvalue weighted by molar-refractivity contribution is 6.22. The highest BCUT2D eigenvalue weighted by Crippen LogP contribution is 2.45. The number of nitrogens with zero attached hydrogens (tertiary/aromatic N) is 6. The number of carbonyl (C=O) groups is 3. The lowest BCUT2D eigenvalue weighted by Gasteiger charge is -2.13. The van der Waals surface area contributed by atoms with Crippen molar-refractivity contribution in [1.82, 2.24) is 28.7 Å². The number of hydrogen-bond acceptors (Lipinski definition) is 12. The fraction of sp³-hybridized carbons (Fsp3) is 0.0526. The summed E-state index contributed by atoms with van der Waals surface area (Å²) in [4.78, 5) is 53.6. The number of imidazole rings is 3. The molecule has 0 saturated heterocycles. The number of aliphatic hydroxyl groups excluding tert-OH is 1. The van der Waals surface area contributed by atoms with Gasteiger partial charge in [-0.15, -0.1) is 0 Å². The van der Waals surface area contributed by atoms with Gasteiger partial charge in [-0.2, -0.15) is 0 Å². The maximum atomic E-state index is 12.3. The van der Waals surface area contributed by atoms with Gasteiger partial charge in [0.25, 0.3) is 0 Å². The smallest absolute Gasteiger partial charge is 0.335 e. The van der Waals surface area contributed by atoms with E-state index in [4.69, 9.17) is 38.6 Å². The van der Waals surface area contributed by atoms with Crippen molar-refractivity contribution in [3.05, 3.63) is 189 Å². The average Bonchev–Trinajstić information content (AvgIpc) is 4.14. The minimum absolute atomic E-state index is 0.162. The zero-order valence-electron chi connectivity index (χ0n) is 38.8. The zero-order valence-corrected chi connectivity index (χ0v) is 38.8. The predicted octanol–water partition coefficient (Wildman–Crippen LogP) is 10.5. The molecular weight excluding hydrogens is 913 g/mol. The van der Waals surface area contributed by atoms with Crippen molar-refractivity contribution in [1.29, 1.82) is 0 Å². The maximum absolute atomic E-state index is 12.3. The van der Waals surface area contributed by atoms with Crippen LogP contribution in [0.3, 0.4) is 0 Å². The summed E-state index contributed by atoms with van der Waals surface area (Å²) >= 11 is 0. The van der Waals surface area contributed by atoms with Gasteiger partial charge in [-0.1, -0.05) is 44.0 Å². The molecule has 7 aromatic carbocycles. The second-order valence-electron chi connectivity index (χ2n) is 16.1. The van der Waals surface area contributed by atoms with Gasteiger partial charge in [0, 0.05) is 52.0 Å². The molecule has 354 valence electrons. The van der Waals surface area contributed by atoms with Gasteiger partial charge in [-0.25, -0.2) is 29.3 Å². The lowest BCUT2D eigenvalue weighted by molar-refractivity contribution is -0.129. The lowest BCUT2D eigenvalue weighted by atomic mass is 10.1. The monoisotopic (exact) mass is 954 g/mol. The molecule has 0 aliphatic rings. The maximum Gasteiger partial charge on any atom is 0.335 e. The quantitative estimate of drug-likeness (QED) is 0.0587. The van der Waals surface area contributed by atoms with Gasteiger partial charge in [0.15, 0.2) is 0 Å². The number of ether oxygens (including phenoxy) is 5. The molecule has 0 bridgehead atoms. The Hall–Kier alpha value is -9.86. The summed E-state index contributed by atoms with van der Waals surface area (Å²) in [7, 11) is 3.20. The van der Waals surface area contributed by atoms with E-state index in [-0.39, 0.29) is 6.61 Å². The number of carbonyl (C=O) groups excluding carboxylic acids is 3. The van der Waals surface area contributed by atoms with Crippen LogP contribution < -0.4 is 23.7 Å². The normalized spacial score (nSPS) is 11.1. The Bertz CT molecular complexity index is 3320. The highest BCUT2D eigenvalue weighted by Gasteiger charge is 2.31. The summed E-state index contributed by atoms with van der Waals surface area (Å²) in [5.74, 6) is 1.93. The predicted molar refractivity (Wildman–Crippen MR) is 273 cm³/mol. The molecule has 0 saturated carbocycles. The molecule has 15 nitrogen and oxygen atoms in total. The molecule has 1 N–H and O–H groups in total.